The van der Waals surface area contributed by atoms with Crippen LogP contribution in [0.15, 0.2) is 0 Å². The van der Waals surface area contributed by atoms with Crippen molar-refractivity contribution in [2.75, 3.05) is 32.7 Å². The molecule has 0 bridgehead atoms. The van der Waals surface area contributed by atoms with Crippen molar-refractivity contribution in [2.24, 2.45) is 11.8 Å². The van der Waals surface area contributed by atoms with Crippen molar-refractivity contribution in [3.63, 3.8) is 0 Å². The van der Waals surface area contributed by atoms with Crippen LogP contribution in [-0.2, 0) is 0 Å². The molecule has 1 unspecified atom stereocenters. The number of rotatable bonds is 5. The highest BCUT2D eigenvalue weighted by Gasteiger charge is 2.16. The zero-order valence-corrected chi connectivity index (χ0v) is 11.6. The van der Waals surface area contributed by atoms with Gasteiger partial charge in [-0.05, 0) is 50.6 Å². The third kappa shape index (κ3) is 4.97. The van der Waals surface area contributed by atoms with Crippen LogP contribution in [0, 0.1) is 11.8 Å². The van der Waals surface area contributed by atoms with Crippen molar-refractivity contribution in [3.05, 3.63) is 0 Å². The lowest BCUT2D eigenvalue weighted by molar-refractivity contribution is 0.183. The largest absolute Gasteiger partial charge is 0.315 e. The highest BCUT2D eigenvalue weighted by Crippen LogP contribution is 2.22. The van der Waals surface area contributed by atoms with Crippen LogP contribution >= 0.6 is 0 Å². The second-order valence-corrected chi connectivity index (χ2v) is 6.26. The third-order valence-corrected chi connectivity index (χ3v) is 4.50. The van der Waals surface area contributed by atoms with E-state index in [2.05, 4.69) is 17.1 Å². The summed E-state index contributed by atoms with van der Waals surface area (Å²) >= 11 is 0. The Kier molecular flexibility index (Phi) is 5.79. The summed E-state index contributed by atoms with van der Waals surface area (Å²) in [7, 11) is 0. The molecule has 1 N–H and O–H groups in total. The highest BCUT2D eigenvalue weighted by molar-refractivity contribution is 4.72. The van der Waals surface area contributed by atoms with Gasteiger partial charge in [0.1, 0.15) is 0 Å². The molecule has 2 heteroatoms. The number of hydrogen-bond donors (Lipinski definition) is 1. The van der Waals surface area contributed by atoms with E-state index in [0.29, 0.717) is 0 Å². The summed E-state index contributed by atoms with van der Waals surface area (Å²) < 4.78 is 0. The maximum Gasteiger partial charge on any atom is 0.0107 e. The summed E-state index contributed by atoms with van der Waals surface area (Å²) in [6, 6.07) is 0. The van der Waals surface area contributed by atoms with E-state index in [4.69, 9.17) is 0 Å². The normalized spacial score (nSPS) is 28.4. The van der Waals surface area contributed by atoms with Crippen molar-refractivity contribution in [1.82, 2.24) is 10.2 Å². The average molecular weight is 238 g/mol. The molecule has 2 aliphatic rings. The standard InChI is InChI=1S/C15H30N2/c1-14-6-5-10-17(13-14)11-9-16-12-15-7-3-2-4-8-15/h14-16H,2-13H2,1H3. The topological polar surface area (TPSA) is 15.3 Å². The van der Waals surface area contributed by atoms with Crippen molar-refractivity contribution in [3.8, 4) is 0 Å². The second kappa shape index (κ2) is 7.38. The zero-order valence-electron chi connectivity index (χ0n) is 11.6. The van der Waals surface area contributed by atoms with Crippen LogP contribution in [0.1, 0.15) is 51.9 Å². The maximum absolute atomic E-state index is 3.68. The Bertz CT molecular complexity index is 199. The van der Waals surface area contributed by atoms with E-state index in [1.165, 1.54) is 77.7 Å². The van der Waals surface area contributed by atoms with Gasteiger partial charge < -0.3 is 10.2 Å². The van der Waals surface area contributed by atoms with Gasteiger partial charge in [0.15, 0.2) is 0 Å². The molecule has 1 aliphatic heterocycles. The monoisotopic (exact) mass is 238 g/mol. The molecule has 2 rings (SSSR count). The van der Waals surface area contributed by atoms with E-state index in [0.717, 1.165) is 11.8 Å². The molecular weight excluding hydrogens is 208 g/mol. The van der Waals surface area contributed by atoms with E-state index < -0.39 is 0 Å². The Balaban J connectivity index is 1.50. The van der Waals surface area contributed by atoms with Gasteiger partial charge >= 0.3 is 0 Å². The second-order valence-electron chi connectivity index (χ2n) is 6.26. The Morgan fingerprint density at radius 2 is 1.88 bits per heavy atom. The lowest BCUT2D eigenvalue weighted by atomic mass is 9.89. The van der Waals surface area contributed by atoms with Crippen molar-refractivity contribution >= 4 is 0 Å². The minimum absolute atomic E-state index is 0.919. The molecule has 0 amide bonds. The van der Waals surface area contributed by atoms with Gasteiger partial charge in [0.05, 0.1) is 0 Å². The Morgan fingerprint density at radius 3 is 2.65 bits per heavy atom. The van der Waals surface area contributed by atoms with Gasteiger partial charge in [0, 0.05) is 19.6 Å². The van der Waals surface area contributed by atoms with Gasteiger partial charge in [-0.25, -0.2) is 0 Å². The fraction of sp³-hybridized carbons (Fsp3) is 1.00. The minimum Gasteiger partial charge on any atom is -0.315 e. The van der Waals surface area contributed by atoms with Crippen LogP contribution in [0.4, 0.5) is 0 Å². The fourth-order valence-corrected chi connectivity index (χ4v) is 3.42. The third-order valence-electron chi connectivity index (χ3n) is 4.50. The van der Waals surface area contributed by atoms with E-state index in [1.807, 2.05) is 0 Å². The highest BCUT2D eigenvalue weighted by atomic mass is 15.1. The minimum atomic E-state index is 0.919. The first-order chi connectivity index (χ1) is 8.34. The first kappa shape index (κ1) is 13.4. The van der Waals surface area contributed by atoms with Gasteiger partial charge in [-0.3, -0.25) is 0 Å². The van der Waals surface area contributed by atoms with Crippen molar-refractivity contribution in [2.45, 2.75) is 51.9 Å². The summed E-state index contributed by atoms with van der Waals surface area (Å²) in [5.74, 6) is 1.89. The molecule has 1 aliphatic carbocycles. The quantitative estimate of drug-likeness (QED) is 0.741. The SMILES string of the molecule is CC1CCCN(CCNCC2CCCCC2)C1. The van der Waals surface area contributed by atoms with Crippen molar-refractivity contribution < 1.29 is 0 Å². The van der Waals surface area contributed by atoms with Crippen LogP contribution < -0.4 is 5.32 Å². The number of likely N-dealkylation sites (tertiary alicyclic amines) is 1. The number of nitrogens with zero attached hydrogens (tertiary/aromatic N) is 1. The van der Waals surface area contributed by atoms with Crippen LogP contribution in [0.5, 0.6) is 0 Å². The Morgan fingerprint density at radius 1 is 1.06 bits per heavy atom. The number of piperidine rings is 1. The predicted molar refractivity (Wildman–Crippen MR) is 74.3 cm³/mol. The molecule has 2 nitrogen and oxygen atoms in total. The molecule has 17 heavy (non-hydrogen) atoms. The van der Waals surface area contributed by atoms with Gasteiger partial charge in [-0.2, -0.15) is 0 Å². The van der Waals surface area contributed by atoms with E-state index in [-0.39, 0.29) is 0 Å². The van der Waals surface area contributed by atoms with E-state index in [9.17, 15) is 0 Å². The molecule has 0 aromatic carbocycles. The average Bonchev–Trinajstić information content (AvgIpc) is 2.36. The lowest BCUT2D eigenvalue weighted by Crippen LogP contribution is -2.39. The Labute approximate surface area is 107 Å². The molecule has 0 spiro atoms. The van der Waals surface area contributed by atoms with Gasteiger partial charge in [-0.15, -0.1) is 0 Å². The van der Waals surface area contributed by atoms with Crippen LogP contribution in [0.2, 0.25) is 0 Å². The molecule has 1 saturated carbocycles. The first-order valence-electron chi connectivity index (χ1n) is 7.77. The summed E-state index contributed by atoms with van der Waals surface area (Å²) in [4.78, 5) is 2.64. The Hall–Kier alpha value is -0.0800. The summed E-state index contributed by atoms with van der Waals surface area (Å²) in [5, 5.41) is 3.68. The van der Waals surface area contributed by atoms with Crippen molar-refractivity contribution in [1.29, 1.82) is 0 Å². The number of hydrogen-bond acceptors (Lipinski definition) is 2. The van der Waals surface area contributed by atoms with Gasteiger partial charge in [0.25, 0.3) is 0 Å². The molecule has 1 atom stereocenters. The summed E-state index contributed by atoms with van der Waals surface area (Å²) in [6.07, 6.45) is 10.2. The van der Waals surface area contributed by atoms with Crippen LogP contribution in [0.25, 0.3) is 0 Å². The predicted octanol–water partition coefficient (Wildman–Crippen LogP) is 2.89. The molecule has 2 fully saturated rings. The van der Waals surface area contributed by atoms with Crippen LogP contribution in [0.3, 0.4) is 0 Å². The smallest absolute Gasteiger partial charge is 0.0107 e. The molecule has 100 valence electrons. The summed E-state index contributed by atoms with van der Waals surface area (Å²) in [5.41, 5.74) is 0. The molecule has 1 saturated heterocycles. The molecule has 0 aromatic heterocycles. The first-order valence-corrected chi connectivity index (χ1v) is 7.77. The molecule has 1 heterocycles. The summed E-state index contributed by atoms with van der Waals surface area (Å²) in [6.45, 7) is 8.77. The van der Waals surface area contributed by atoms with E-state index in [1.54, 1.807) is 0 Å². The fourth-order valence-electron chi connectivity index (χ4n) is 3.42. The molecule has 0 radical (unpaired) electrons. The molecule has 0 aromatic rings. The van der Waals surface area contributed by atoms with E-state index >= 15 is 0 Å². The van der Waals surface area contributed by atoms with Gasteiger partial charge in [0.2, 0.25) is 0 Å². The lowest BCUT2D eigenvalue weighted by Gasteiger charge is -2.31. The van der Waals surface area contributed by atoms with Gasteiger partial charge in [-0.1, -0.05) is 26.2 Å². The maximum atomic E-state index is 3.68. The van der Waals surface area contributed by atoms with Crippen LogP contribution in [-0.4, -0.2) is 37.6 Å². The number of nitrogens with one attached hydrogen (secondary N) is 1. The zero-order chi connectivity index (χ0) is 11.9. The molecular formula is C15H30N2.